The predicted octanol–water partition coefficient (Wildman–Crippen LogP) is 2.17. The minimum Gasteiger partial charge on any atom is -0.481 e. The second kappa shape index (κ2) is 6.68. The Bertz CT molecular complexity index is 487. The summed E-state index contributed by atoms with van der Waals surface area (Å²) < 4.78 is 13.5. The highest BCUT2D eigenvalue weighted by atomic mass is 19.1. The summed E-state index contributed by atoms with van der Waals surface area (Å²) in [5, 5.41) is 8.87. The molecule has 1 aromatic rings. The van der Waals surface area contributed by atoms with E-state index in [-0.39, 0.29) is 18.7 Å². The van der Waals surface area contributed by atoms with Gasteiger partial charge < -0.3 is 10.0 Å². The van der Waals surface area contributed by atoms with E-state index in [9.17, 15) is 14.0 Å². The largest absolute Gasteiger partial charge is 0.481 e. The molecule has 0 heterocycles. The molecule has 1 atom stereocenters. The number of amides is 1. The third kappa shape index (κ3) is 3.91. The molecule has 0 aliphatic rings. The third-order valence-corrected chi connectivity index (χ3v) is 2.66. The van der Waals surface area contributed by atoms with Crippen molar-refractivity contribution in [1.29, 1.82) is 0 Å². The fraction of sp³-hybridized carbons (Fsp3) is 0.286. The number of rotatable bonds is 6. The molecule has 102 valence electrons. The molecule has 0 aromatic heterocycles. The van der Waals surface area contributed by atoms with E-state index in [2.05, 4.69) is 6.58 Å². The van der Waals surface area contributed by atoms with Gasteiger partial charge in [0.05, 0.1) is 11.5 Å². The Labute approximate surface area is 111 Å². The minimum absolute atomic E-state index is 0.00845. The number of carbonyl (C=O) groups excluding carboxylic acids is 1. The second-order valence-corrected chi connectivity index (χ2v) is 4.22. The van der Waals surface area contributed by atoms with Crippen LogP contribution in [0.2, 0.25) is 0 Å². The maximum atomic E-state index is 13.5. The number of halogens is 1. The van der Waals surface area contributed by atoms with Crippen LogP contribution in [0.15, 0.2) is 36.9 Å². The van der Waals surface area contributed by atoms with Crippen molar-refractivity contribution >= 4 is 11.9 Å². The van der Waals surface area contributed by atoms with E-state index in [4.69, 9.17) is 5.11 Å². The van der Waals surface area contributed by atoms with Crippen molar-refractivity contribution in [3.8, 4) is 0 Å². The van der Waals surface area contributed by atoms with Crippen molar-refractivity contribution in [2.45, 2.75) is 6.92 Å². The highest BCUT2D eigenvalue weighted by molar-refractivity contribution is 5.94. The highest BCUT2D eigenvalue weighted by Gasteiger charge is 2.22. The molecule has 0 bridgehead atoms. The first-order valence-electron chi connectivity index (χ1n) is 5.85. The number of hydrogen-bond donors (Lipinski definition) is 1. The monoisotopic (exact) mass is 265 g/mol. The maximum absolute atomic E-state index is 13.5. The van der Waals surface area contributed by atoms with E-state index in [1.165, 1.54) is 36.1 Å². The molecular formula is C14H16FNO3. The Morgan fingerprint density at radius 3 is 2.63 bits per heavy atom. The number of carboxylic acids is 1. The molecule has 1 aromatic carbocycles. The molecule has 0 radical (unpaired) electrons. The van der Waals surface area contributed by atoms with Gasteiger partial charge in [0.2, 0.25) is 0 Å². The van der Waals surface area contributed by atoms with Gasteiger partial charge in [0, 0.05) is 13.1 Å². The van der Waals surface area contributed by atoms with Crippen LogP contribution >= 0.6 is 0 Å². The average Bonchev–Trinajstić information content (AvgIpc) is 2.37. The Balaban J connectivity index is 2.93. The lowest BCUT2D eigenvalue weighted by atomic mass is 10.1. The Morgan fingerprint density at radius 1 is 1.47 bits per heavy atom. The summed E-state index contributed by atoms with van der Waals surface area (Å²) in [6.45, 7) is 5.19. The number of hydrogen-bond acceptors (Lipinski definition) is 2. The molecule has 4 nitrogen and oxygen atoms in total. The molecule has 19 heavy (non-hydrogen) atoms. The van der Waals surface area contributed by atoms with E-state index < -0.39 is 23.6 Å². The molecule has 1 amide bonds. The number of aliphatic carboxylic acids is 1. The predicted molar refractivity (Wildman–Crippen MR) is 69.3 cm³/mol. The van der Waals surface area contributed by atoms with Crippen molar-refractivity contribution < 1.29 is 19.1 Å². The normalized spacial score (nSPS) is 11.7. The van der Waals surface area contributed by atoms with Crippen LogP contribution < -0.4 is 0 Å². The Kier molecular flexibility index (Phi) is 5.23. The van der Waals surface area contributed by atoms with E-state index in [0.29, 0.717) is 0 Å². The Hall–Kier alpha value is -2.17. The summed E-state index contributed by atoms with van der Waals surface area (Å²) in [5.41, 5.74) is -0.0676. The van der Waals surface area contributed by atoms with Crippen molar-refractivity contribution in [3.05, 3.63) is 48.3 Å². The molecule has 5 heteroatoms. The highest BCUT2D eigenvalue weighted by Crippen LogP contribution is 2.12. The number of nitrogens with zero attached hydrogens (tertiary/aromatic N) is 1. The van der Waals surface area contributed by atoms with Crippen LogP contribution in [0.25, 0.3) is 0 Å². The van der Waals surface area contributed by atoms with Crippen molar-refractivity contribution in [2.24, 2.45) is 5.92 Å². The fourth-order valence-electron chi connectivity index (χ4n) is 1.61. The van der Waals surface area contributed by atoms with Gasteiger partial charge >= 0.3 is 5.97 Å². The molecule has 0 fully saturated rings. The molecule has 0 saturated carbocycles. The van der Waals surface area contributed by atoms with E-state index in [0.717, 1.165) is 0 Å². The topological polar surface area (TPSA) is 57.6 Å². The molecule has 0 aliphatic heterocycles. The van der Waals surface area contributed by atoms with Gasteiger partial charge in [-0.25, -0.2) is 4.39 Å². The molecule has 0 saturated heterocycles. The zero-order chi connectivity index (χ0) is 14.4. The SMILES string of the molecule is C=CCN(CC(C)C(=O)O)C(=O)c1ccccc1F. The van der Waals surface area contributed by atoms with Crippen molar-refractivity contribution in [3.63, 3.8) is 0 Å². The number of carbonyl (C=O) groups is 2. The molecule has 0 aliphatic carbocycles. The summed E-state index contributed by atoms with van der Waals surface area (Å²) in [6, 6.07) is 5.62. The zero-order valence-corrected chi connectivity index (χ0v) is 10.7. The first-order valence-corrected chi connectivity index (χ1v) is 5.85. The Morgan fingerprint density at radius 2 is 2.11 bits per heavy atom. The van der Waals surface area contributed by atoms with Gasteiger partial charge in [-0.3, -0.25) is 9.59 Å². The van der Waals surface area contributed by atoms with E-state index in [1.807, 2.05) is 0 Å². The van der Waals surface area contributed by atoms with Crippen LogP contribution in [-0.2, 0) is 4.79 Å². The van der Waals surface area contributed by atoms with Gasteiger partial charge in [-0.2, -0.15) is 0 Å². The van der Waals surface area contributed by atoms with Crippen LogP contribution in [0, 0.1) is 11.7 Å². The molecular weight excluding hydrogens is 249 g/mol. The lowest BCUT2D eigenvalue weighted by Gasteiger charge is -2.23. The van der Waals surface area contributed by atoms with Gasteiger partial charge in [-0.15, -0.1) is 6.58 Å². The molecule has 1 rings (SSSR count). The van der Waals surface area contributed by atoms with Gasteiger partial charge in [0.15, 0.2) is 0 Å². The number of carboxylic acid groups (broad SMARTS) is 1. The third-order valence-electron chi connectivity index (χ3n) is 2.66. The van der Waals surface area contributed by atoms with Crippen LogP contribution in [0.4, 0.5) is 4.39 Å². The molecule has 0 spiro atoms. The summed E-state index contributed by atoms with van der Waals surface area (Å²) in [7, 11) is 0. The molecule has 1 N–H and O–H groups in total. The lowest BCUT2D eigenvalue weighted by molar-refractivity contribution is -0.141. The van der Waals surface area contributed by atoms with Crippen LogP contribution in [0.5, 0.6) is 0 Å². The van der Waals surface area contributed by atoms with Crippen LogP contribution in [0.1, 0.15) is 17.3 Å². The zero-order valence-electron chi connectivity index (χ0n) is 10.7. The standard InChI is InChI=1S/C14H16FNO3/c1-3-8-16(9-10(2)14(18)19)13(17)11-6-4-5-7-12(11)15/h3-7,10H,1,8-9H2,2H3,(H,18,19). The smallest absolute Gasteiger partial charge is 0.308 e. The molecule has 1 unspecified atom stereocenters. The van der Waals surface area contributed by atoms with Gasteiger partial charge in [0.25, 0.3) is 5.91 Å². The summed E-state index contributed by atoms with van der Waals surface area (Å²) in [5.74, 6) is -2.89. The summed E-state index contributed by atoms with van der Waals surface area (Å²) in [6.07, 6.45) is 1.48. The fourth-order valence-corrected chi connectivity index (χ4v) is 1.61. The second-order valence-electron chi connectivity index (χ2n) is 4.22. The van der Waals surface area contributed by atoms with Gasteiger partial charge in [0.1, 0.15) is 5.82 Å². The van der Waals surface area contributed by atoms with Crippen LogP contribution in [-0.4, -0.2) is 35.0 Å². The lowest BCUT2D eigenvalue weighted by Crippen LogP contribution is -2.37. The quantitative estimate of drug-likeness (QED) is 0.802. The first kappa shape index (κ1) is 14.9. The van der Waals surface area contributed by atoms with Gasteiger partial charge in [-0.05, 0) is 12.1 Å². The number of benzene rings is 1. The summed E-state index contributed by atoms with van der Waals surface area (Å²) >= 11 is 0. The van der Waals surface area contributed by atoms with Crippen LogP contribution in [0.3, 0.4) is 0 Å². The summed E-state index contributed by atoms with van der Waals surface area (Å²) in [4.78, 5) is 24.3. The first-order chi connectivity index (χ1) is 8.97. The minimum atomic E-state index is -1.00. The van der Waals surface area contributed by atoms with Crippen molar-refractivity contribution in [2.75, 3.05) is 13.1 Å². The van der Waals surface area contributed by atoms with Gasteiger partial charge in [-0.1, -0.05) is 25.1 Å². The average molecular weight is 265 g/mol. The van der Waals surface area contributed by atoms with Crippen molar-refractivity contribution in [1.82, 2.24) is 4.90 Å². The van der Waals surface area contributed by atoms with E-state index >= 15 is 0 Å². The van der Waals surface area contributed by atoms with E-state index in [1.54, 1.807) is 6.07 Å². The maximum Gasteiger partial charge on any atom is 0.308 e.